The summed E-state index contributed by atoms with van der Waals surface area (Å²) in [6.45, 7) is 15.2. The molecular formula is C22H40IN5O2. The van der Waals surface area contributed by atoms with Crippen LogP contribution in [0.2, 0.25) is 0 Å². The lowest BCUT2D eigenvalue weighted by molar-refractivity contribution is 0.0529. The molecule has 0 atom stereocenters. The van der Waals surface area contributed by atoms with Crippen LogP contribution in [0.1, 0.15) is 52.7 Å². The molecule has 0 radical (unpaired) electrons. The Morgan fingerprint density at radius 2 is 1.70 bits per heavy atom. The molecule has 3 N–H and O–H groups in total. The van der Waals surface area contributed by atoms with Crippen LogP contribution in [-0.2, 0) is 17.8 Å². The van der Waals surface area contributed by atoms with Crippen LogP contribution < -0.4 is 16.0 Å². The molecule has 1 aromatic rings. The first-order valence-electron chi connectivity index (χ1n) is 10.4. The molecule has 0 fully saturated rings. The normalized spacial score (nSPS) is 11.8. The number of guanidine groups is 1. The Bertz CT molecular complexity index is 659. The molecule has 0 aliphatic carbocycles. The molecule has 30 heavy (non-hydrogen) atoms. The SMILES string of the molecule is CCNC(=NCc1ccccc1CN(C)C(C)C)NCCNC(=O)OC(C)(C)C.I. The van der Waals surface area contributed by atoms with Crippen LogP contribution >= 0.6 is 24.0 Å². The molecule has 1 amide bonds. The van der Waals surface area contributed by atoms with Crippen LogP contribution in [0.5, 0.6) is 0 Å². The van der Waals surface area contributed by atoms with Crippen molar-refractivity contribution in [3.05, 3.63) is 35.4 Å². The van der Waals surface area contributed by atoms with E-state index in [0.717, 1.165) is 19.0 Å². The van der Waals surface area contributed by atoms with E-state index < -0.39 is 11.7 Å². The Kier molecular flexibility index (Phi) is 13.7. The molecule has 1 aromatic carbocycles. The summed E-state index contributed by atoms with van der Waals surface area (Å²) in [5.41, 5.74) is 2.00. The van der Waals surface area contributed by atoms with Crippen molar-refractivity contribution >= 4 is 36.0 Å². The van der Waals surface area contributed by atoms with Gasteiger partial charge in [-0.2, -0.15) is 0 Å². The Morgan fingerprint density at radius 3 is 2.27 bits per heavy atom. The number of benzene rings is 1. The minimum absolute atomic E-state index is 0. The van der Waals surface area contributed by atoms with Crippen molar-refractivity contribution in [2.45, 2.75) is 66.3 Å². The van der Waals surface area contributed by atoms with Crippen molar-refractivity contribution in [2.24, 2.45) is 4.99 Å². The third kappa shape index (κ3) is 12.2. The van der Waals surface area contributed by atoms with Crippen LogP contribution in [0.15, 0.2) is 29.3 Å². The molecule has 0 spiro atoms. The Labute approximate surface area is 199 Å². The van der Waals surface area contributed by atoms with Crippen molar-refractivity contribution in [1.29, 1.82) is 0 Å². The van der Waals surface area contributed by atoms with Crippen LogP contribution in [0.3, 0.4) is 0 Å². The van der Waals surface area contributed by atoms with E-state index in [4.69, 9.17) is 9.73 Å². The van der Waals surface area contributed by atoms with Crippen LogP contribution in [0.25, 0.3) is 0 Å². The molecule has 1 rings (SSSR count). The van der Waals surface area contributed by atoms with Crippen molar-refractivity contribution in [2.75, 3.05) is 26.7 Å². The number of halogens is 1. The number of nitrogens with one attached hydrogen (secondary N) is 3. The number of carbonyl (C=O) groups excluding carboxylic acids is 1. The molecule has 172 valence electrons. The number of hydrogen-bond acceptors (Lipinski definition) is 4. The zero-order valence-corrected chi connectivity index (χ0v) is 21.9. The van der Waals surface area contributed by atoms with E-state index in [2.05, 4.69) is 66.0 Å². The summed E-state index contributed by atoms with van der Waals surface area (Å²) in [4.78, 5) is 18.7. The fourth-order valence-electron chi connectivity index (χ4n) is 2.48. The van der Waals surface area contributed by atoms with Gasteiger partial charge in [-0.15, -0.1) is 24.0 Å². The lowest BCUT2D eigenvalue weighted by atomic mass is 10.1. The van der Waals surface area contributed by atoms with E-state index in [9.17, 15) is 4.79 Å². The van der Waals surface area contributed by atoms with Crippen molar-refractivity contribution in [3.63, 3.8) is 0 Å². The predicted molar refractivity (Wildman–Crippen MR) is 136 cm³/mol. The molecule has 7 nitrogen and oxygen atoms in total. The molecule has 0 aliphatic rings. The highest BCUT2D eigenvalue weighted by Crippen LogP contribution is 2.13. The van der Waals surface area contributed by atoms with Gasteiger partial charge in [-0.05, 0) is 59.7 Å². The van der Waals surface area contributed by atoms with Crippen molar-refractivity contribution in [1.82, 2.24) is 20.9 Å². The van der Waals surface area contributed by atoms with Crippen LogP contribution in [0.4, 0.5) is 4.79 Å². The topological polar surface area (TPSA) is 78.0 Å². The number of aliphatic imine (C=N–C) groups is 1. The maximum atomic E-state index is 11.7. The Morgan fingerprint density at radius 1 is 1.10 bits per heavy atom. The summed E-state index contributed by atoms with van der Waals surface area (Å²) in [5, 5.41) is 9.23. The number of amides is 1. The molecule has 8 heteroatoms. The van der Waals surface area contributed by atoms with Gasteiger partial charge < -0.3 is 20.7 Å². The molecule has 0 saturated carbocycles. The lowest BCUT2D eigenvalue weighted by Gasteiger charge is -2.22. The van der Waals surface area contributed by atoms with Gasteiger partial charge in [-0.25, -0.2) is 9.79 Å². The molecule has 0 heterocycles. The number of ether oxygens (including phenoxy) is 1. The van der Waals surface area contributed by atoms with Crippen LogP contribution in [0, 0.1) is 0 Å². The minimum atomic E-state index is -0.495. The Hall–Kier alpha value is -1.55. The first-order chi connectivity index (χ1) is 13.6. The number of carbonyl (C=O) groups is 1. The molecule has 0 unspecified atom stereocenters. The largest absolute Gasteiger partial charge is 0.444 e. The smallest absolute Gasteiger partial charge is 0.407 e. The quantitative estimate of drug-likeness (QED) is 0.195. The van der Waals surface area contributed by atoms with E-state index in [1.165, 1.54) is 11.1 Å². The van der Waals surface area contributed by atoms with Gasteiger partial charge in [0.1, 0.15) is 5.60 Å². The van der Waals surface area contributed by atoms with Gasteiger partial charge in [0, 0.05) is 32.2 Å². The highest BCUT2D eigenvalue weighted by atomic mass is 127. The van der Waals surface area contributed by atoms with Gasteiger partial charge >= 0.3 is 6.09 Å². The summed E-state index contributed by atoms with van der Waals surface area (Å²) in [6, 6.07) is 8.90. The maximum Gasteiger partial charge on any atom is 0.407 e. The molecule has 0 aliphatic heterocycles. The third-order valence-electron chi connectivity index (χ3n) is 4.26. The summed E-state index contributed by atoms with van der Waals surface area (Å²) in [5.74, 6) is 0.727. The van der Waals surface area contributed by atoms with E-state index in [1.54, 1.807) is 0 Å². The van der Waals surface area contributed by atoms with Gasteiger partial charge in [0.15, 0.2) is 5.96 Å². The van der Waals surface area contributed by atoms with E-state index in [-0.39, 0.29) is 24.0 Å². The number of rotatable bonds is 9. The van der Waals surface area contributed by atoms with Gasteiger partial charge in [0.25, 0.3) is 0 Å². The first kappa shape index (κ1) is 28.5. The van der Waals surface area contributed by atoms with Gasteiger partial charge in [-0.1, -0.05) is 24.3 Å². The maximum absolute atomic E-state index is 11.7. The average molecular weight is 533 g/mol. The molecule has 0 aromatic heterocycles. The van der Waals surface area contributed by atoms with Crippen molar-refractivity contribution in [3.8, 4) is 0 Å². The second kappa shape index (κ2) is 14.5. The summed E-state index contributed by atoms with van der Waals surface area (Å²) >= 11 is 0. The van der Waals surface area contributed by atoms with E-state index in [0.29, 0.717) is 25.7 Å². The monoisotopic (exact) mass is 533 g/mol. The second-order valence-electron chi connectivity index (χ2n) is 8.33. The molecule has 0 bridgehead atoms. The Balaban J connectivity index is 0.00000841. The van der Waals surface area contributed by atoms with Gasteiger partial charge in [0.2, 0.25) is 0 Å². The summed E-state index contributed by atoms with van der Waals surface area (Å²) < 4.78 is 5.23. The van der Waals surface area contributed by atoms with Crippen molar-refractivity contribution < 1.29 is 9.53 Å². The summed E-state index contributed by atoms with van der Waals surface area (Å²) in [7, 11) is 2.13. The zero-order valence-electron chi connectivity index (χ0n) is 19.5. The zero-order chi connectivity index (χ0) is 21.9. The number of nitrogens with zero attached hydrogens (tertiary/aromatic N) is 2. The fourth-order valence-corrected chi connectivity index (χ4v) is 2.48. The van der Waals surface area contributed by atoms with Gasteiger partial charge in [0.05, 0.1) is 6.54 Å². The van der Waals surface area contributed by atoms with E-state index in [1.807, 2.05) is 27.7 Å². The highest BCUT2D eigenvalue weighted by molar-refractivity contribution is 14.0. The predicted octanol–water partition coefficient (Wildman–Crippen LogP) is 3.72. The average Bonchev–Trinajstić information content (AvgIpc) is 2.62. The minimum Gasteiger partial charge on any atom is -0.444 e. The number of hydrogen-bond donors (Lipinski definition) is 3. The lowest BCUT2D eigenvalue weighted by Crippen LogP contribution is -2.42. The standard InChI is InChI=1S/C22H39N5O2.HI/c1-8-23-20(24-13-14-25-21(28)29-22(4,5)6)26-15-18-11-9-10-12-19(18)16-27(7)17(2)3;/h9-12,17H,8,13-16H2,1-7H3,(H,25,28)(H2,23,24,26);1H. The molecular weight excluding hydrogens is 493 g/mol. The first-order valence-corrected chi connectivity index (χ1v) is 10.4. The van der Waals surface area contributed by atoms with E-state index >= 15 is 0 Å². The second-order valence-corrected chi connectivity index (χ2v) is 8.33. The highest BCUT2D eigenvalue weighted by Gasteiger charge is 2.15. The number of alkyl carbamates (subject to hydrolysis) is 1. The fraction of sp³-hybridized carbons (Fsp3) is 0.636. The molecule has 0 saturated heterocycles. The summed E-state index contributed by atoms with van der Waals surface area (Å²) in [6.07, 6.45) is -0.413. The van der Waals surface area contributed by atoms with Gasteiger partial charge in [-0.3, -0.25) is 4.90 Å². The van der Waals surface area contributed by atoms with Crippen LogP contribution in [-0.4, -0.2) is 55.3 Å². The third-order valence-corrected chi connectivity index (χ3v) is 4.26.